The van der Waals surface area contributed by atoms with Crippen LogP contribution >= 0.6 is 0 Å². The van der Waals surface area contributed by atoms with E-state index in [1.165, 1.54) is 18.9 Å². The van der Waals surface area contributed by atoms with Crippen molar-refractivity contribution in [2.24, 2.45) is 0 Å². The monoisotopic (exact) mass is 216 g/mol. The minimum Gasteiger partial charge on any atom is -0.126 e. The van der Waals surface area contributed by atoms with Crippen molar-refractivity contribution >= 4 is 8.07 Å². The van der Waals surface area contributed by atoms with Gasteiger partial charge in [0, 0.05) is 5.56 Å². The largest absolute Gasteiger partial charge is 0.132 e. The van der Waals surface area contributed by atoms with Crippen LogP contribution in [0.1, 0.15) is 25.3 Å². The second kappa shape index (κ2) is 5.78. The van der Waals surface area contributed by atoms with E-state index in [-0.39, 0.29) is 0 Å². The summed E-state index contributed by atoms with van der Waals surface area (Å²) in [5.41, 5.74) is 4.65. The van der Waals surface area contributed by atoms with E-state index in [1.807, 2.05) is 18.2 Å². The second-order valence-corrected chi connectivity index (χ2v) is 9.12. The number of benzene rings is 1. The lowest BCUT2D eigenvalue weighted by Gasteiger charge is -2.13. The molecule has 1 aromatic rings. The molecule has 0 bridgehead atoms. The lowest BCUT2D eigenvalue weighted by Crippen LogP contribution is -2.22. The highest BCUT2D eigenvalue weighted by Gasteiger charge is 2.16. The minimum atomic E-state index is -1.27. The van der Waals surface area contributed by atoms with Gasteiger partial charge in [-0.3, -0.25) is 0 Å². The van der Waals surface area contributed by atoms with Crippen LogP contribution in [0.3, 0.4) is 0 Å². The molecule has 0 fully saturated rings. The van der Waals surface area contributed by atoms with Gasteiger partial charge in [-0.2, -0.15) is 0 Å². The van der Waals surface area contributed by atoms with E-state index in [0.29, 0.717) is 0 Å². The summed E-state index contributed by atoms with van der Waals surface area (Å²) in [5, 5.41) is 0. The van der Waals surface area contributed by atoms with E-state index < -0.39 is 8.07 Å². The Morgan fingerprint density at radius 2 is 1.80 bits per heavy atom. The maximum absolute atomic E-state index is 3.50. The van der Waals surface area contributed by atoms with Crippen molar-refractivity contribution < 1.29 is 0 Å². The predicted molar refractivity (Wildman–Crippen MR) is 70.5 cm³/mol. The average molecular weight is 216 g/mol. The molecule has 0 aliphatic rings. The van der Waals surface area contributed by atoms with Gasteiger partial charge in [-0.15, -0.1) is 5.54 Å². The van der Waals surface area contributed by atoms with E-state index in [0.717, 1.165) is 5.56 Å². The Labute approximate surface area is 94.7 Å². The molecule has 80 valence electrons. The van der Waals surface area contributed by atoms with E-state index in [4.69, 9.17) is 0 Å². The smallest absolute Gasteiger partial charge is 0.126 e. The Hall–Kier alpha value is -1.00. The third kappa shape index (κ3) is 4.85. The normalized spacial score (nSPS) is 10.6. The quantitative estimate of drug-likeness (QED) is 0.527. The maximum Gasteiger partial charge on any atom is 0.132 e. The van der Waals surface area contributed by atoms with Crippen LogP contribution in [0.5, 0.6) is 0 Å². The molecule has 0 nitrogen and oxygen atoms in total. The van der Waals surface area contributed by atoms with Gasteiger partial charge in [0.1, 0.15) is 8.07 Å². The molecule has 0 aliphatic heterocycles. The molecule has 0 saturated heterocycles. The summed E-state index contributed by atoms with van der Waals surface area (Å²) >= 11 is 0. The molecule has 1 rings (SSSR count). The van der Waals surface area contributed by atoms with Gasteiger partial charge in [-0.1, -0.05) is 57.0 Å². The van der Waals surface area contributed by atoms with Crippen molar-refractivity contribution in [3.63, 3.8) is 0 Å². The van der Waals surface area contributed by atoms with Crippen LogP contribution in [0.2, 0.25) is 19.1 Å². The van der Waals surface area contributed by atoms with Crippen LogP contribution in [0.25, 0.3) is 0 Å². The van der Waals surface area contributed by atoms with Gasteiger partial charge in [-0.05, 0) is 18.2 Å². The highest BCUT2D eigenvalue weighted by Crippen LogP contribution is 2.12. The molecule has 0 radical (unpaired) electrons. The SMILES string of the molecule is CCCC[Si](C)(C)C#Cc1ccccc1. The summed E-state index contributed by atoms with van der Waals surface area (Å²) in [6.45, 7) is 6.96. The van der Waals surface area contributed by atoms with Gasteiger partial charge in [0.25, 0.3) is 0 Å². The van der Waals surface area contributed by atoms with Gasteiger partial charge in [0.2, 0.25) is 0 Å². The molecule has 0 N–H and O–H groups in total. The van der Waals surface area contributed by atoms with E-state index in [9.17, 15) is 0 Å². The highest BCUT2D eigenvalue weighted by molar-refractivity contribution is 6.85. The van der Waals surface area contributed by atoms with Crippen LogP contribution in [0, 0.1) is 11.5 Å². The zero-order valence-corrected chi connectivity index (χ0v) is 11.0. The number of hydrogen-bond donors (Lipinski definition) is 0. The fourth-order valence-corrected chi connectivity index (χ4v) is 3.29. The molecule has 0 amide bonds. The molecule has 0 aromatic heterocycles. The fraction of sp³-hybridized carbons (Fsp3) is 0.429. The van der Waals surface area contributed by atoms with Crippen molar-refractivity contribution in [1.82, 2.24) is 0 Å². The first-order chi connectivity index (χ1) is 7.14. The van der Waals surface area contributed by atoms with Crippen molar-refractivity contribution in [2.45, 2.75) is 38.9 Å². The molecule has 0 unspecified atom stereocenters. The van der Waals surface area contributed by atoms with Gasteiger partial charge in [-0.25, -0.2) is 0 Å². The van der Waals surface area contributed by atoms with Crippen molar-refractivity contribution in [2.75, 3.05) is 0 Å². The van der Waals surface area contributed by atoms with Crippen LogP contribution in [0.4, 0.5) is 0 Å². The van der Waals surface area contributed by atoms with Gasteiger partial charge in [0.05, 0.1) is 0 Å². The second-order valence-electron chi connectivity index (χ2n) is 4.60. The summed E-state index contributed by atoms with van der Waals surface area (Å²) in [6.07, 6.45) is 2.60. The molecule has 0 spiro atoms. The molecule has 0 saturated carbocycles. The first-order valence-electron chi connectivity index (χ1n) is 5.72. The number of rotatable bonds is 3. The van der Waals surface area contributed by atoms with Crippen molar-refractivity contribution in [3.8, 4) is 11.5 Å². The molecule has 0 atom stereocenters. The lowest BCUT2D eigenvalue weighted by molar-refractivity contribution is 0.871. The molecular weight excluding hydrogens is 196 g/mol. The van der Waals surface area contributed by atoms with Crippen molar-refractivity contribution in [1.29, 1.82) is 0 Å². The summed E-state index contributed by atoms with van der Waals surface area (Å²) in [5.74, 6) is 3.31. The summed E-state index contributed by atoms with van der Waals surface area (Å²) in [6, 6.07) is 11.6. The molecule has 1 heteroatoms. The maximum atomic E-state index is 3.50. The van der Waals surface area contributed by atoms with Crippen LogP contribution in [0.15, 0.2) is 30.3 Å². The fourth-order valence-electron chi connectivity index (χ4n) is 1.44. The first-order valence-corrected chi connectivity index (χ1v) is 8.93. The number of unbranched alkanes of at least 4 members (excludes halogenated alkanes) is 1. The molecule has 15 heavy (non-hydrogen) atoms. The van der Waals surface area contributed by atoms with E-state index in [1.54, 1.807) is 0 Å². The topological polar surface area (TPSA) is 0 Å². The minimum absolute atomic E-state index is 1.15. The Morgan fingerprint density at radius 1 is 1.13 bits per heavy atom. The Bertz CT molecular complexity index is 341. The lowest BCUT2D eigenvalue weighted by atomic mass is 10.2. The summed E-state index contributed by atoms with van der Waals surface area (Å²) < 4.78 is 0. The van der Waals surface area contributed by atoms with Crippen LogP contribution in [-0.2, 0) is 0 Å². The summed E-state index contributed by atoms with van der Waals surface area (Å²) in [4.78, 5) is 0. The van der Waals surface area contributed by atoms with Gasteiger partial charge in [0.15, 0.2) is 0 Å². The highest BCUT2D eigenvalue weighted by atomic mass is 28.3. The zero-order valence-electron chi connectivity index (χ0n) is 10.0. The van der Waals surface area contributed by atoms with Crippen LogP contribution < -0.4 is 0 Å². The standard InChI is InChI=1S/C14H20Si/c1-4-5-12-15(2,3)13-11-14-9-7-6-8-10-14/h6-10H,4-5,12H2,1-3H3. The molecule has 1 aromatic carbocycles. The average Bonchev–Trinajstić information content (AvgIpc) is 2.25. The van der Waals surface area contributed by atoms with Gasteiger partial charge < -0.3 is 0 Å². The third-order valence-electron chi connectivity index (χ3n) is 2.47. The third-order valence-corrected chi connectivity index (χ3v) is 4.88. The molecule has 0 heterocycles. The van der Waals surface area contributed by atoms with E-state index >= 15 is 0 Å². The van der Waals surface area contributed by atoms with E-state index in [2.05, 4.69) is 43.6 Å². The van der Waals surface area contributed by atoms with Crippen molar-refractivity contribution in [3.05, 3.63) is 35.9 Å². The van der Waals surface area contributed by atoms with Crippen LogP contribution in [-0.4, -0.2) is 8.07 Å². The molecule has 0 aliphatic carbocycles. The first kappa shape index (κ1) is 12.1. The number of hydrogen-bond acceptors (Lipinski definition) is 0. The Kier molecular flexibility index (Phi) is 4.65. The Morgan fingerprint density at radius 3 is 2.40 bits per heavy atom. The predicted octanol–water partition coefficient (Wildman–Crippen LogP) is 4.09. The Balaban J connectivity index is 2.64. The zero-order chi connectivity index (χ0) is 11.1. The van der Waals surface area contributed by atoms with Gasteiger partial charge >= 0.3 is 0 Å². The summed E-state index contributed by atoms with van der Waals surface area (Å²) in [7, 11) is -1.27. The molecular formula is C14H20Si.